The van der Waals surface area contributed by atoms with Gasteiger partial charge in [-0.3, -0.25) is 0 Å². The Balaban J connectivity index is 2.75. The summed E-state index contributed by atoms with van der Waals surface area (Å²) in [4.78, 5) is 0. The molecule has 0 aromatic heterocycles. The third-order valence-corrected chi connectivity index (χ3v) is 2.57. The summed E-state index contributed by atoms with van der Waals surface area (Å²) in [5, 5.41) is 0. The lowest BCUT2D eigenvalue weighted by Crippen LogP contribution is -2.17. The first-order valence-electron chi connectivity index (χ1n) is 5.63. The van der Waals surface area contributed by atoms with Gasteiger partial charge in [0.15, 0.2) is 0 Å². The van der Waals surface area contributed by atoms with E-state index in [1.807, 2.05) is 26.0 Å². The third kappa shape index (κ3) is 3.51. The molecule has 1 unspecified atom stereocenters. The van der Waals surface area contributed by atoms with Gasteiger partial charge in [-0.15, -0.1) is 0 Å². The van der Waals surface area contributed by atoms with Crippen molar-refractivity contribution in [2.75, 3.05) is 20.3 Å². The van der Waals surface area contributed by atoms with Crippen LogP contribution in [0.5, 0.6) is 5.75 Å². The normalized spacial score (nSPS) is 12.5. The van der Waals surface area contributed by atoms with Crippen molar-refractivity contribution in [1.82, 2.24) is 0 Å². The van der Waals surface area contributed by atoms with Crippen LogP contribution in [0.2, 0.25) is 0 Å². The minimum atomic E-state index is 0.102. The lowest BCUT2D eigenvalue weighted by Gasteiger charge is -2.16. The van der Waals surface area contributed by atoms with Crippen LogP contribution in [-0.4, -0.2) is 26.4 Å². The van der Waals surface area contributed by atoms with E-state index >= 15 is 0 Å². The van der Waals surface area contributed by atoms with E-state index in [2.05, 4.69) is 6.07 Å². The largest absolute Gasteiger partial charge is 0.490 e. The zero-order valence-corrected chi connectivity index (χ0v) is 10.3. The first kappa shape index (κ1) is 13.0. The van der Waals surface area contributed by atoms with Gasteiger partial charge in [0.2, 0.25) is 0 Å². The Hall–Kier alpha value is -1.06. The zero-order valence-electron chi connectivity index (χ0n) is 10.3. The molecule has 1 aromatic carbocycles. The molecule has 90 valence electrons. The lowest BCUT2D eigenvalue weighted by molar-refractivity contribution is 0.0711. The summed E-state index contributed by atoms with van der Waals surface area (Å²) in [7, 11) is 1.69. The van der Waals surface area contributed by atoms with Crippen LogP contribution in [0.4, 0.5) is 0 Å². The highest BCUT2D eigenvalue weighted by molar-refractivity contribution is 5.40. The van der Waals surface area contributed by atoms with Crippen molar-refractivity contribution in [3.05, 3.63) is 29.3 Å². The summed E-state index contributed by atoms with van der Waals surface area (Å²) in [5.74, 6) is 0.955. The summed E-state index contributed by atoms with van der Waals surface area (Å²) in [5.41, 5.74) is 7.90. The van der Waals surface area contributed by atoms with E-state index in [0.717, 1.165) is 17.7 Å². The molecule has 1 rings (SSSR count). The number of hydrogen-bond acceptors (Lipinski definition) is 3. The molecular weight excluding hydrogens is 202 g/mol. The molecule has 0 saturated carbocycles. The second-order valence-electron chi connectivity index (χ2n) is 3.96. The van der Waals surface area contributed by atoms with Crippen molar-refractivity contribution >= 4 is 0 Å². The van der Waals surface area contributed by atoms with Gasteiger partial charge in [-0.25, -0.2) is 0 Å². The zero-order chi connectivity index (χ0) is 12.0. The van der Waals surface area contributed by atoms with Crippen LogP contribution in [0.1, 0.15) is 18.1 Å². The Morgan fingerprint density at radius 2 is 2.12 bits per heavy atom. The van der Waals surface area contributed by atoms with Crippen molar-refractivity contribution in [2.45, 2.75) is 26.4 Å². The Kier molecular flexibility index (Phi) is 5.29. The molecule has 0 aliphatic heterocycles. The van der Waals surface area contributed by atoms with E-state index in [-0.39, 0.29) is 6.10 Å². The molecule has 0 spiro atoms. The van der Waals surface area contributed by atoms with Crippen LogP contribution < -0.4 is 10.5 Å². The van der Waals surface area contributed by atoms with Gasteiger partial charge in [0.25, 0.3) is 0 Å². The van der Waals surface area contributed by atoms with E-state index < -0.39 is 0 Å². The molecular formula is C13H21NO2. The molecule has 3 heteroatoms. The summed E-state index contributed by atoms with van der Waals surface area (Å²) in [6.45, 7) is 5.24. The van der Waals surface area contributed by atoms with E-state index in [1.165, 1.54) is 5.56 Å². The fourth-order valence-corrected chi connectivity index (χ4v) is 1.54. The molecule has 2 N–H and O–H groups in total. The van der Waals surface area contributed by atoms with Crippen molar-refractivity contribution < 1.29 is 9.47 Å². The Bertz CT molecular complexity index is 326. The number of para-hydroxylation sites is 1. The monoisotopic (exact) mass is 223 g/mol. The molecule has 0 heterocycles. The summed E-state index contributed by atoms with van der Waals surface area (Å²) < 4.78 is 11.0. The van der Waals surface area contributed by atoms with Gasteiger partial charge in [-0.05, 0) is 37.9 Å². The number of hydrogen-bond donors (Lipinski definition) is 1. The number of aryl methyl sites for hydroxylation is 1. The average molecular weight is 223 g/mol. The molecule has 0 radical (unpaired) electrons. The first-order chi connectivity index (χ1) is 7.69. The summed E-state index contributed by atoms with van der Waals surface area (Å²) in [6, 6.07) is 6.15. The minimum absolute atomic E-state index is 0.102. The smallest absolute Gasteiger partial charge is 0.125 e. The molecule has 0 fully saturated rings. The van der Waals surface area contributed by atoms with E-state index in [0.29, 0.717) is 13.2 Å². The van der Waals surface area contributed by atoms with Crippen molar-refractivity contribution in [2.24, 2.45) is 5.73 Å². The Labute approximate surface area is 97.6 Å². The van der Waals surface area contributed by atoms with E-state index in [4.69, 9.17) is 15.2 Å². The number of methoxy groups -OCH3 is 1. The van der Waals surface area contributed by atoms with Gasteiger partial charge in [0.1, 0.15) is 12.4 Å². The average Bonchev–Trinajstić information content (AvgIpc) is 2.28. The van der Waals surface area contributed by atoms with Gasteiger partial charge < -0.3 is 15.2 Å². The molecule has 1 atom stereocenters. The van der Waals surface area contributed by atoms with Crippen molar-refractivity contribution in [3.8, 4) is 5.75 Å². The van der Waals surface area contributed by atoms with Gasteiger partial charge >= 0.3 is 0 Å². The molecule has 3 nitrogen and oxygen atoms in total. The van der Waals surface area contributed by atoms with Crippen molar-refractivity contribution in [1.29, 1.82) is 0 Å². The van der Waals surface area contributed by atoms with Crippen LogP contribution in [0, 0.1) is 6.92 Å². The van der Waals surface area contributed by atoms with Gasteiger partial charge in [-0.1, -0.05) is 18.2 Å². The minimum Gasteiger partial charge on any atom is -0.490 e. The molecule has 1 aromatic rings. The second-order valence-corrected chi connectivity index (χ2v) is 3.96. The standard InChI is InChI=1S/C13H21NO2/c1-10-5-4-6-12(7-8-14)13(10)16-9-11(2)15-3/h4-6,11H,7-9,14H2,1-3H3. The van der Waals surface area contributed by atoms with E-state index in [9.17, 15) is 0 Å². The molecule has 0 aliphatic carbocycles. The molecule has 0 saturated heterocycles. The summed E-state index contributed by atoms with van der Waals surface area (Å²) in [6.07, 6.45) is 0.948. The summed E-state index contributed by atoms with van der Waals surface area (Å²) >= 11 is 0. The quantitative estimate of drug-likeness (QED) is 0.801. The number of benzene rings is 1. The van der Waals surface area contributed by atoms with Crippen LogP contribution in [0.3, 0.4) is 0 Å². The third-order valence-electron chi connectivity index (χ3n) is 2.57. The number of rotatable bonds is 6. The van der Waals surface area contributed by atoms with Gasteiger partial charge in [0, 0.05) is 7.11 Å². The SMILES string of the molecule is COC(C)COc1c(C)cccc1CCN. The number of ether oxygens (including phenoxy) is 2. The molecule has 0 aliphatic rings. The number of nitrogens with two attached hydrogens (primary N) is 1. The lowest BCUT2D eigenvalue weighted by atomic mass is 10.1. The predicted molar refractivity (Wildman–Crippen MR) is 65.9 cm³/mol. The molecule has 0 amide bonds. The van der Waals surface area contributed by atoms with Crippen molar-refractivity contribution in [3.63, 3.8) is 0 Å². The maximum atomic E-state index is 5.79. The fourth-order valence-electron chi connectivity index (χ4n) is 1.54. The maximum Gasteiger partial charge on any atom is 0.125 e. The van der Waals surface area contributed by atoms with Crippen LogP contribution in [0.25, 0.3) is 0 Å². The highest BCUT2D eigenvalue weighted by Crippen LogP contribution is 2.23. The highest BCUT2D eigenvalue weighted by Gasteiger charge is 2.08. The Morgan fingerprint density at radius 1 is 1.38 bits per heavy atom. The topological polar surface area (TPSA) is 44.5 Å². The first-order valence-corrected chi connectivity index (χ1v) is 5.63. The molecule has 0 bridgehead atoms. The fraction of sp³-hybridized carbons (Fsp3) is 0.538. The van der Waals surface area contributed by atoms with Crippen LogP contribution in [-0.2, 0) is 11.2 Å². The Morgan fingerprint density at radius 3 is 2.75 bits per heavy atom. The van der Waals surface area contributed by atoms with E-state index in [1.54, 1.807) is 7.11 Å². The van der Waals surface area contributed by atoms with Crippen LogP contribution in [0.15, 0.2) is 18.2 Å². The predicted octanol–water partition coefficient (Wildman–Crippen LogP) is 1.91. The second kappa shape index (κ2) is 6.51. The van der Waals surface area contributed by atoms with Gasteiger partial charge in [-0.2, -0.15) is 0 Å². The highest BCUT2D eigenvalue weighted by atomic mass is 16.5. The van der Waals surface area contributed by atoms with Gasteiger partial charge in [0.05, 0.1) is 6.10 Å². The van der Waals surface area contributed by atoms with Crippen LogP contribution >= 0.6 is 0 Å². The maximum absolute atomic E-state index is 5.79. The molecule has 16 heavy (non-hydrogen) atoms.